The lowest BCUT2D eigenvalue weighted by molar-refractivity contribution is 0.293. The van der Waals surface area contributed by atoms with Crippen molar-refractivity contribution in [2.45, 2.75) is 25.7 Å². The van der Waals surface area contributed by atoms with Crippen LogP contribution in [0.15, 0.2) is 63.2 Å². The third-order valence-corrected chi connectivity index (χ3v) is 5.09. The first-order chi connectivity index (χ1) is 12.9. The summed E-state index contributed by atoms with van der Waals surface area (Å²) in [6.07, 6.45) is 0.215. The van der Waals surface area contributed by atoms with E-state index >= 15 is 0 Å². The topological polar surface area (TPSA) is 60.2 Å². The minimum atomic E-state index is -3.39. The molecule has 0 saturated carbocycles. The number of ether oxygens (including phenoxy) is 1. The smallest absolute Gasteiger partial charge is 0.380 e. The predicted octanol–water partition coefficient (Wildman–Crippen LogP) is 8.41. The molecule has 0 heterocycles. The fourth-order valence-corrected chi connectivity index (χ4v) is 3.17. The average molecular weight is 494 g/mol. The van der Waals surface area contributed by atoms with Crippen LogP contribution in [-0.4, -0.2) is 13.2 Å². The molecule has 0 aliphatic heterocycles. The van der Waals surface area contributed by atoms with Crippen molar-refractivity contribution in [3.63, 3.8) is 0 Å². The van der Waals surface area contributed by atoms with E-state index in [4.69, 9.17) is 31.7 Å². The monoisotopic (exact) mass is 492 g/mol. The second-order valence-electron chi connectivity index (χ2n) is 5.68. The lowest BCUT2D eigenvalue weighted by atomic mass is 10.2. The maximum absolute atomic E-state index is 10.9. The van der Waals surface area contributed by atoms with E-state index in [2.05, 4.69) is 26.2 Å². The summed E-state index contributed by atoms with van der Waals surface area (Å²) in [5.74, 6) is 0.797. The van der Waals surface area contributed by atoms with Crippen LogP contribution in [0.5, 0.6) is 5.75 Å². The van der Waals surface area contributed by atoms with E-state index in [1.807, 2.05) is 48.5 Å². The van der Waals surface area contributed by atoms with Crippen LogP contribution in [0.1, 0.15) is 25.7 Å². The second kappa shape index (κ2) is 11.8. The molecule has 5 nitrogen and oxygen atoms in total. The first kappa shape index (κ1) is 22.4. The van der Waals surface area contributed by atoms with Crippen LogP contribution >= 0.6 is 44.5 Å². The molecule has 0 amide bonds. The molecule has 0 N–H and O–H groups in total. The molecule has 2 aromatic carbocycles. The van der Waals surface area contributed by atoms with Crippen LogP contribution in [0.2, 0.25) is 0 Å². The van der Waals surface area contributed by atoms with Gasteiger partial charge in [0.25, 0.3) is 0 Å². The average Bonchev–Trinajstić information content (AvgIpc) is 2.63. The van der Waals surface area contributed by atoms with Gasteiger partial charge in [-0.2, -0.15) is 10.2 Å². The SMILES string of the molecule is O=P(Cl)(Cl)OCCCCCCOc1ccc(N=Nc2ccc(Br)cc2)cc1. The zero-order chi connectivity index (χ0) is 19.5. The van der Waals surface area contributed by atoms with Gasteiger partial charge in [0, 0.05) is 4.47 Å². The fraction of sp³-hybridized carbons (Fsp3) is 0.333. The van der Waals surface area contributed by atoms with E-state index in [0.717, 1.165) is 47.3 Å². The quantitative estimate of drug-likeness (QED) is 0.179. The van der Waals surface area contributed by atoms with Crippen LogP contribution < -0.4 is 4.74 Å². The standard InChI is InChI=1S/C18H20BrCl2N2O3P/c19-15-5-7-16(8-6-15)22-23-17-9-11-18(12-10-17)25-13-3-1-2-4-14-26-27(20,21)24/h5-12H,1-4,13-14H2. The second-order valence-corrected chi connectivity index (χ2v) is 10.9. The molecule has 0 aliphatic carbocycles. The van der Waals surface area contributed by atoms with Gasteiger partial charge in [0.15, 0.2) is 0 Å². The molecule has 0 bridgehead atoms. The molecule has 0 spiro atoms. The maximum atomic E-state index is 10.9. The zero-order valence-electron chi connectivity index (χ0n) is 14.6. The molecule has 146 valence electrons. The fourth-order valence-electron chi connectivity index (χ4n) is 2.15. The first-order valence-electron chi connectivity index (χ1n) is 8.46. The van der Waals surface area contributed by atoms with Crippen LogP contribution in [0.3, 0.4) is 0 Å². The van der Waals surface area contributed by atoms with Gasteiger partial charge in [-0.1, -0.05) is 22.4 Å². The van der Waals surface area contributed by atoms with Crippen molar-refractivity contribution in [3.05, 3.63) is 53.0 Å². The Morgan fingerprint density at radius 1 is 0.815 bits per heavy atom. The molecule has 0 unspecified atom stereocenters. The summed E-state index contributed by atoms with van der Waals surface area (Å²) in [6.45, 7) is 0.936. The van der Waals surface area contributed by atoms with Gasteiger partial charge >= 0.3 is 6.07 Å². The number of benzene rings is 2. The van der Waals surface area contributed by atoms with E-state index < -0.39 is 6.07 Å². The van der Waals surface area contributed by atoms with Crippen molar-refractivity contribution in [2.75, 3.05) is 13.2 Å². The highest BCUT2D eigenvalue weighted by atomic mass is 79.9. The van der Waals surface area contributed by atoms with Gasteiger partial charge in [-0.25, -0.2) is 0 Å². The number of nitrogens with zero attached hydrogens (tertiary/aromatic N) is 2. The molecule has 2 aromatic rings. The molecule has 0 aromatic heterocycles. The molecular formula is C18H20BrCl2N2O3P. The predicted molar refractivity (Wildman–Crippen MR) is 114 cm³/mol. The zero-order valence-corrected chi connectivity index (χ0v) is 18.6. The van der Waals surface area contributed by atoms with E-state index in [0.29, 0.717) is 13.2 Å². The van der Waals surface area contributed by atoms with Crippen LogP contribution in [0, 0.1) is 0 Å². The van der Waals surface area contributed by atoms with Gasteiger partial charge in [0.05, 0.1) is 24.6 Å². The number of rotatable bonds is 11. The number of unbranched alkanes of at least 4 members (excludes halogenated alkanes) is 3. The van der Waals surface area contributed by atoms with Crippen molar-refractivity contribution >= 4 is 55.9 Å². The Bertz CT molecular complexity index is 767. The molecule has 0 atom stereocenters. The first-order valence-corrected chi connectivity index (χ1v) is 12.7. The van der Waals surface area contributed by atoms with Crippen LogP contribution in [0.4, 0.5) is 11.4 Å². The van der Waals surface area contributed by atoms with Gasteiger partial charge in [-0.15, -0.1) is 0 Å². The minimum absolute atomic E-state index is 0.307. The molecular weight excluding hydrogens is 474 g/mol. The summed E-state index contributed by atoms with van der Waals surface area (Å²) in [4.78, 5) is 0. The Labute approximate surface area is 177 Å². The van der Waals surface area contributed by atoms with Crippen molar-refractivity contribution in [1.29, 1.82) is 0 Å². The van der Waals surface area contributed by atoms with Gasteiger partial charge in [0.2, 0.25) is 0 Å². The Balaban J connectivity index is 1.63. The molecule has 0 fully saturated rings. The lowest BCUT2D eigenvalue weighted by Gasteiger charge is -2.07. The Morgan fingerprint density at radius 2 is 1.33 bits per heavy atom. The summed E-state index contributed by atoms with van der Waals surface area (Å²) in [6, 6.07) is 15.1. The molecule has 27 heavy (non-hydrogen) atoms. The molecule has 9 heteroatoms. The van der Waals surface area contributed by atoms with Gasteiger partial charge < -0.3 is 9.26 Å². The number of halogens is 3. The summed E-state index contributed by atoms with van der Waals surface area (Å²) in [5, 5.41) is 8.40. The van der Waals surface area contributed by atoms with Crippen LogP contribution in [-0.2, 0) is 9.09 Å². The van der Waals surface area contributed by atoms with Crippen molar-refractivity contribution < 1.29 is 13.8 Å². The number of azo groups is 1. The number of hydrogen-bond donors (Lipinski definition) is 0. The van der Waals surface area contributed by atoms with Gasteiger partial charge in [-0.3, -0.25) is 4.57 Å². The van der Waals surface area contributed by atoms with Gasteiger partial charge in [-0.05, 0) is 90.3 Å². The van der Waals surface area contributed by atoms with E-state index in [1.165, 1.54) is 0 Å². The summed E-state index contributed by atoms with van der Waals surface area (Å²) < 4.78 is 22.4. The van der Waals surface area contributed by atoms with E-state index in [9.17, 15) is 4.57 Å². The lowest BCUT2D eigenvalue weighted by Crippen LogP contribution is -1.97. The van der Waals surface area contributed by atoms with Crippen LogP contribution in [0.25, 0.3) is 0 Å². The molecule has 2 rings (SSSR count). The number of hydrogen-bond acceptors (Lipinski definition) is 5. The largest absolute Gasteiger partial charge is 0.494 e. The van der Waals surface area contributed by atoms with Crippen molar-refractivity contribution in [2.24, 2.45) is 10.2 Å². The van der Waals surface area contributed by atoms with E-state index in [1.54, 1.807) is 0 Å². The molecule has 0 radical (unpaired) electrons. The molecule has 0 saturated heterocycles. The Hall–Kier alpha value is -0.910. The normalized spacial score (nSPS) is 11.8. The summed E-state index contributed by atoms with van der Waals surface area (Å²) in [5.41, 5.74) is 1.56. The Morgan fingerprint density at radius 3 is 1.89 bits per heavy atom. The summed E-state index contributed by atoms with van der Waals surface area (Å²) >= 11 is 14.0. The van der Waals surface area contributed by atoms with Crippen molar-refractivity contribution in [3.8, 4) is 5.75 Å². The highest BCUT2D eigenvalue weighted by Gasteiger charge is 2.12. The Kier molecular flexibility index (Phi) is 9.80. The highest BCUT2D eigenvalue weighted by molar-refractivity contribution is 9.10. The molecule has 0 aliphatic rings. The minimum Gasteiger partial charge on any atom is -0.494 e. The maximum Gasteiger partial charge on any atom is 0.380 e. The summed E-state index contributed by atoms with van der Waals surface area (Å²) in [7, 11) is 0. The van der Waals surface area contributed by atoms with E-state index in [-0.39, 0.29) is 0 Å². The van der Waals surface area contributed by atoms with Crippen molar-refractivity contribution in [1.82, 2.24) is 0 Å². The highest BCUT2D eigenvalue weighted by Crippen LogP contribution is 2.57. The third kappa shape index (κ3) is 10.3. The van der Waals surface area contributed by atoms with Gasteiger partial charge in [0.1, 0.15) is 5.75 Å². The third-order valence-electron chi connectivity index (χ3n) is 3.49.